The maximum atomic E-state index is 12.1. The fourth-order valence-electron chi connectivity index (χ4n) is 2.69. The third-order valence-corrected chi connectivity index (χ3v) is 5.20. The number of hydrogen-bond acceptors (Lipinski definition) is 4. The van der Waals surface area contributed by atoms with Gasteiger partial charge in [0.25, 0.3) is 0 Å². The lowest BCUT2D eigenvalue weighted by molar-refractivity contribution is -0.118. The molecule has 0 aliphatic carbocycles. The van der Waals surface area contributed by atoms with Gasteiger partial charge in [0.05, 0.1) is 5.75 Å². The third-order valence-electron chi connectivity index (χ3n) is 4.18. The van der Waals surface area contributed by atoms with E-state index in [9.17, 15) is 4.79 Å². The maximum Gasteiger partial charge on any atom is 0.230 e. The Hall–Kier alpha value is -2.60. The molecule has 26 heavy (non-hydrogen) atoms. The molecule has 3 aromatic rings. The van der Waals surface area contributed by atoms with Crippen LogP contribution < -0.4 is 5.32 Å². The normalized spacial score (nSPS) is 10.7. The summed E-state index contributed by atoms with van der Waals surface area (Å²) in [5.41, 5.74) is 3.53. The van der Waals surface area contributed by atoms with Crippen LogP contribution >= 0.6 is 11.8 Å². The van der Waals surface area contributed by atoms with Gasteiger partial charge in [-0.25, -0.2) is 0 Å². The fraction of sp³-hybridized carbons (Fsp3) is 0.250. The predicted molar refractivity (Wildman–Crippen MR) is 105 cm³/mol. The number of benzene rings is 2. The highest BCUT2D eigenvalue weighted by molar-refractivity contribution is 7.99. The molecular weight excluding hydrogens is 344 g/mol. The van der Waals surface area contributed by atoms with Crippen molar-refractivity contribution in [2.75, 3.05) is 12.3 Å². The molecule has 0 aliphatic heterocycles. The molecule has 0 unspecified atom stereocenters. The van der Waals surface area contributed by atoms with Crippen molar-refractivity contribution >= 4 is 17.7 Å². The molecule has 134 valence electrons. The minimum atomic E-state index is 0.00726. The van der Waals surface area contributed by atoms with Crippen LogP contribution in [-0.2, 0) is 18.3 Å². The Labute approximate surface area is 157 Å². The second-order valence-electron chi connectivity index (χ2n) is 6.05. The summed E-state index contributed by atoms with van der Waals surface area (Å²) in [7, 11) is 1.92. The van der Waals surface area contributed by atoms with Gasteiger partial charge in [-0.3, -0.25) is 4.79 Å². The summed E-state index contributed by atoms with van der Waals surface area (Å²) in [5.74, 6) is 1.13. The molecule has 0 bridgehead atoms. The standard InChI is InChI=1S/C20H22N4OS/c1-15-8-6-7-9-16(15)12-13-21-18(25)14-26-20-23-22-19(24(20)2)17-10-4-3-5-11-17/h3-11H,12-14H2,1-2H3,(H,21,25). The molecule has 0 aliphatic rings. The first-order chi connectivity index (χ1) is 12.6. The van der Waals surface area contributed by atoms with Gasteiger partial charge in [-0.2, -0.15) is 0 Å². The molecule has 6 heteroatoms. The molecule has 0 spiro atoms. The first kappa shape index (κ1) is 18.2. The number of carbonyl (C=O) groups is 1. The zero-order chi connectivity index (χ0) is 18.4. The van der Waals surface area contributed by atoms with Gasteiger partial charge in [0.1, 0.15) is 0 Å². The molecular formula is C20H22N4OS. The largest absolute Gasteiger partial charge is 0.355 e. The quantitative estimate of drug-likeness (QED) is 0.652. The zero-order valence-electron chi connectivity index (χ0n) is 15.0. The van der Waals surface area contributed by atoms with Crippen molar-refractivity contribution in [3.63, 3.8) is 0 Å². The van der Waals surface area contributed by atoms with Gasteiger partial charge in [-0.1, -0.05) is 66.4 Å². The van der Waals surface area contributed by atoms with E-state index in [1.807, 2.05) is 54.1 Å². The van der Waals surface area contributed by atoms with E-state index in [-0.39, 0.29) is 5.91 Å². The highest BCUT2D eigenvalue weighted by atomic mass is 32.2. The third kappa shape index (κ3) is 4.52. The van der Waals surface area contributed by atoms with Gasteiger partial charge in [0.15, 0.2) is 11.0 Å². The van der Waals surface area contributed by atoms with E-state index in [2.05, 4.69) is 34.6 Å². The topological polar surface area (TPSA) is 59.8 Å². The smallest absolute Gasteiger partial charge is 0.230 e. The fourth-order valence-corrected chi connectivity index (χ4v) is 3.43. The second kappa shape index (κ2) is 8.67. The Balaban J connectivity index is 1.49. The van der Waals surface area contributed by atoms with E-state index in [0.717, 1.165) is 23.0 Å². The van der Waals surface area contributed by atoms with Crippen LogP contribution in [0.3, 0.4) is 0 Å². The predicted octanol–water partition coefficient (Wildman–Crippen LogP) is 3.24. The number of amides is 1. The summed E-state index contributed by atoms with van der Waals surface area (Å²) in [6.45, 7) is 2.73. The van der Waals surface area contributed by atoms with Crippen LogP contribution in [0, 0.1) is 6.92 Å². The molecule has 1 heterocycles. The van der Waals surface area contributed by atoms with E-state index in [1.54, 1.807) is 0 Å². The molecule has 0 atom stereocenters. The SMILES string of the molecule is Cc1ccccc1CCNC(=O)CSc1nnc(-c2ccccc2)n1C. The van der Waals surface area contributed by atoms with Gasteiger partial charge in [0.2, 0.25) is 5.91 Å². The van der Waals surface area contributed by atoms with Crippen LogP contribution in [0.1, 0.15) is 11.1 Å². The average molecular weight is 366 g/mol. The summed E-state index contributed by atoms with van der Waals surface area (Å²) in [5, 5.41) is 12.1. The number of rotatable bonds is 7. The number of carbonyl (C=O) groups excluding carboxylic acids is 1. The first-order valence-electron chi connectivity index (χ1n) is 8.54. The van der Waals surface area contributed by atoms with Crippen LogP contribution in [0.25, 0.3) is 11.4 Å². The number of aryl methyl sites for hydroxylation is 1. The molecule has 2 aromatic carbocycles. The molecule has 0 fully saturated rings. The van der Waals surface area contributed by atoms with Gasteiger partial charge in [0, 0.05) is 19.2 Å². The molecule has 0 radical (unpaired) electrons. The van der Waals surface area contributed by atoms with E-state index >= 15 is 0 Å². The van der Waals surface area contributed by atoms with Gasteiger partial charge < -0.3 is 9.88 Å². The summed E-state index contributed by atoms with van der Waals surface area (Å²) >= 11 is 1.40. The first-order valence-corrected chi connectivity index (χ1v) is 9.52. The monoisotopic (exact) mass is 366 g/mol. The van der Waals surface area contributed by atoms with Gasteiger partial charge in [-0.05, 0) is 24.5 Å². The average Bonchev–Trinajstić information content (AvgIpc) is 3.03. The highest BCUT2D eigenvalue weighted by Gasteiger charge is 2.12. The lowest BCUT2D eigenvalue weighted by atomic mass is 10.1. The van der Waals surface area contributed by atoms with E-state index in [1.165, 1.54) is 22.9 Å². The van der Waals surface area contributed by atoms with Crippen LogP contribution in [0.5, 0.6) is 0 Å². The molecule has 1 amide bonds. The van der Waals surface area contributed by atoms with E-state index < -0.39 is 0 Å². The van der Waals surface area contributed by atoms with Crippen LogP contribution in [0.4, 0.5) is 0 Å². The molecule has 5 nitrogen and oxygen atoms in total. The molecule has 1 N–H and O–H groups in total. The number of thioether (sulfide) groups is 1. The Morgan fingerprint density at radius 2 is 1.81 bits per heavy atom. The summed E-state index contributed by atoms with van der Waals surface area (Å²) in [6.07, 6.45) is 0.838. The number of hydrogen-bond donors (Lipinski definition) is 1. The summed E-state index contributed by atoms with van der Waals surface area (Å²) in [4.78, 5) is 12.1. The minimum absolute atomic E-state index is 0.00726. The van der Waals surface area contributed by atoms with Crippen molar-refractivity contribution in [2.24, 2.45) is 7.05 Å². The molecule has 0 saturated heterocycles. The molecule has 3 rings (SSSR count). The Morgan fingerprint density at radius 1 is 1.08 bits per heavy atom. The zero-order valence-corrected chi connectivity index (χ0v) is 15.8. The Kier molecular flexibility index (Phi) is 6.07. The highest BCUT2D eigenvalue weighted by Crippen LogP contribution is 2.22. The minimum Gasteiger partial charge on any atom is -0.355 e. The lowest BCUT2D eigenvalue weighted by Crippen LogP contribution is -2.27. The van der Waals surface area contributed by atoms with Gasteiger partial charge in [-0.15, -0.1) is 10.2 Å². The Morgan fingerprint density at radius 3 is 2.58 bits per heavy atom. The van der Waals surface area contributed by atoms with Crippen molar-refractivity contribution in [3.8, 4) is 11.4 Å². The van der Waals surface area contributed by atoms with Crippen molar-refractivity contribution in [3.05, 3.63) is 65.7 Å². The second-order valence-corrected chi connectivity index (χ2v) is 6.99. The Bertz CT molecular complexity index is 877. The maximum absolute atomic E-state index is 12.1. The van der Waals surface area contributed by atoms with Gasteiger partial charge >= 0.3 is 0 Å². The lowest BCUT2D eigenvalue weighted by Gasteiger charge is -2.07. The van der Waals surface area contributed by atoms with Crippen LogP contribution in [0.2, 0.25) is 0 Å². The van der Waals surface area contributed by atoms with Crippen molar-refractivity contribution in [1.82, 2.24) is 20.1 Å². The van der Waals surface area contributed by atoms with Crippen LogP contribution in [-0.4, -0.2) is 33.0 Å². The van der Waals surface area contributed by atoms with E-state index in [0.29, 0.717) is 12.3 Å². The molecule has 1 aromatic heterocycles. The van der Waals surface area contributed by atoms with Crippen molar-refractivity contribution in [2.45, 2.75) is 18.5 Å². The number of nitrogens with one attached hydrogen (secondary N) is 1. The summed E-state index contributed by atoms with van der Waals surface area (Å²) in [6, 6.07) is 18.1. The summed E-state index contributed by atoms with van der Waals surface area (Å²) < 4.78 is 1.92. The van der Waals surface area contributed by atoms with E-state index in [4.69, 9.17) is 0 Å². The van der Waals surface area contributed by atoms with Crippen molar-refractivity contribution < 1.29 is 4.79 Å². The van der Waals surface area contributed by atoms with Crippen molar-refractivity contribution in [1.29, 1.82) is 0 Å². The van der Waals surface area contributed by atoms with Crippen LogP contribution in [0.15, 0.2) is 59.8 Å². The number of aromatic nitrogens is 3. The number of nitrogens with zero attached hydrogens (tertiary/aromatic N) is 3. The molecule has 0 saturated carbocycles.